The molecule has 2 saturated carbocycles. The van der Waals surface area contributed by atoms with E-state index in [-0.39, 0.29) is 11.8 Å². The number of carbonyl (C=O) groups excluding carboxylic acids is 1. The molecule has 2 heterocycles. The van der Waals surface area contributed by atoms with Crippen LogP contribution in [0.15, 0.2) is 30.6 Å². The van der Waals surface area contributed by atoms with Crippen molar-refractivity contribution in [3.8, 4) is 11.3 Å². The van der Waals surface area contributed by atoms with Gasteiger partial charge >= 0.3 is 0 Å². The van der Waals surface area contributed by atoms with Gasteiger partial charge in [0.15, 0.2) is 0 Å². The molecule has 2 aliphatic rings. The maximum atomic E-state index is 12.0. The number of nitrogens with zero attached hydrogens (tertiary/aromatic N) is 3. The number of aromatic nitrogens is 3. The molecule has 142 valence electrons. The summed E-state index contributed by atoms with van der Waals surface area (Å²) in [5.41, 5.74) is 3.14. The number of rotatable bonds is 5. The minimum Gasteiger partial charge on any atom is -0.356 e. The molecule has 27 heavy (non-hydrogen) atoms. The second-order valence-electron chi connectivity index (χ2n) is 8.21. The van der Waals surface area contributed by atoms with Crippen LogP contribution < -0.4 is 5.32 Å². The first kappa shape index (κ1) is 18.1. The van der Waals surface area contributed by atoms with E-state index in [0.29, 0.717) is 17.8 Å². The van der Waals surface area contributed by atoms with Crippen molar-refractivity contribution in [1.82, 2.24) is 20.3 Å². The van der Waals surface area contributed by atoms with Crippen LogP contribution in [0.5, 0.6) is 0 Å². The predicted octanol–water partition coefficient (Wildman–Crippen LogP) is 3.89. The van der Waals surface area contributed by atoms with E-state index in [1.807, 2.05) is 37.5 Å². The van der Waals surface area contributed by atoms with Crippen LogP contribution in [-0.4, -0.2) is 27.4 Å². The van der Waals surface area contributed by atoms with Crippen LogP contribution in [0.4, 0.5) is 0 Å². The van der Waals surface area contributed by atoms with Crippen LogP contribution in [0.3, 0.4) is 0 Å². The fraction of sp³-hybridized carbons (Fsp3) is 0.545. The Hall–Kier alpha value is -2.30. The molecule has 0 aliphatic heterocycles. The van der Waals surface area contributed by atoms with Crippen LogP contribution in [0, 0.1) is 24.7 Å². The van der Waals surface area contributed by atoms with Gasteiger partial charge in [-0.15, -0.1) is 0 Å². The van der Waals surface area contributed by atoms with E-state index >= 15 is 0 Å². The number of aryl methyl sites for hydroxylation is 1. The maximum Gasteiger partial charge on any atom is 0.223 e. The van der Waals surface area contributed by atoms with Crippen molar-refractivity contribution in [2.24, 2.45) is 17.8 Å². The molecule has 5 heteroatoms. The van der Waals surface area contributed by atoms with Crippen molar-refractivity contribution >= 4 is 5.91 Å². The summed E-state index contributed by atoms with van der Waals surface area (Å²) >= 11 is 0. The number of amides is 1. The molecular formula is C22H28N4O. The molecular weight excluding hydrogens is 336 g/mol. The van der Waals surface area contributed by atoms with Crippen molar-refractivity contribution in [2.45, 2.75) is 51.9 Å². The normalized spacial score (nSPS) is 27.2. The zero-order valence-electron chi connectivity index (χ0n) is 16.2. The zero-order chi connectivity index (χ0) is 18.8. The summed E-state index contributed by atoms with van der Waals surface area (Å²) in [5, 5.41) is 3.17. The van der Waals surface area contributed by atoms with Crippen molar-refractivity contribution < 1.29 is 4.79 Å². The number of carbonyl (C=O) groups is 1. The Morgan fingerprint density at radius 2 is 1.96 bits per heavy atom. The largest absolute Gasteiger partial charge is 0.356 e. The average molecular weight is 364 g/mol. The summed E-state index contributed by atoms with van der Waals surface area (Å²) < 4.78 is 0. The monoisotopic (exact) mass is 364 g/mol. The van der Waals surface area contributed by atoms with Crippen molar-refractivity contribution in [2.75, 3.05) is 6.54 Å². The molecule has 0 bridgehead atoms. The molecule has 2 unspecified atom stereocenters. The van der Waals surface area contributed by atoms with E-state index in [1.54, 1.807) is 0 Å². The summed E-state index contributed by atoms with van der Waals surface area (Å²) in [4.78, 5) is 25.7. The molecule has 5 nitrogen and oxygen atoms in total. The van der Waals surface area contributed by atoms with Crippen LogP contribution in [-0.2, 0) is 4.79 Å². The Bertz CT molecular complexity index is 799. The standard InChI is InChI=1S/C22H28N4O/c1-14-11-18(14)22(27)25-12-16-6-8-17(9-7-16)21-19(13-24-15(2)26-21)20-5-3-4-10-23-20/h3-5,10,13-14,16-18H,6-9,11-12H2,1-2H3,(H,25,27). The summed E-state index contributed by atoms with van der Waals surface area (Å²) in [5.74, 6) is 2.95. The Labute approximate surface area is 161 Å². The van der Waals surface area contributed by atoms with Gasteiger partial charge in [0.2, 0.25) is 5.91 Å². The van der Waals surface area contributed by atoms with E-state index in [9.17, 15) is 4.79 Å². The number of hydrogen-bond acceptors (Lipinski definition) is 4. The second-order valence-corrected chi connectivity index (χ2v) is 8.21. The molecule has 2 aliphatic carbocycles. The smallest absolute Gasteiger partial charge is 0.223 e. The SMILES string of the molecule is Cc1ncc(-c2ccccn2)c(C2CCC(CNC(=O)C3CC3C)CC2)n1. The molecule has 1 amide bonds. The highest BCUT2D eigenvalue weighted by molar-refractivity contribution is 5.81. The van der Waals surface area contributed by atoms with Gasteiger partial charge in [0.05, 0.1) is 11.4 Å². The third kappa shape index (κ3) is 4.18. The lowest BCUT2D eigenvalue weighted by Gasteiger charge is -2.29. The molecule has 2 aromatic heterocycles. The van der Waals surface area contributed by atoms with E-state index in [4.69, 9.17) is 4.98 Å². The van der Waals surface area contributed by atoms with Crippen molar-refractivity contribution in [1.29, 1.82) is 0 Å². The van der Waals surface area contributed by atoms with Crippen LogP contribution in [0.25, 0.3) is 11.3 Å². The molecule has 0 saturated heterocycles. The third-order valence-corrected chi connectivity index (χ3v) is 6.12. The first-order valence-corrected chi connectivity index (χ1v) is 10.1. The summed E-state index contributed by atoms with van der Waals surface area (Å²) in [6.45, 7) is 4.93. The fourth-order valence-corrected chi connectivity index (χ4v) is 4.22. The number of nitrogens with one attached hydrogen (secondary N) is 1. The lowest BCUT2D eigenvalue weighted by molar-refractivity contribution is -0.122. The van der Waals surface area contributed by atoms with E-state index in [1.165, 1.54) is 0 Å². The number of pyridine rings is 1. The minimum absolute atomic E-state index is 0.258. The number of hydrogen-bond donors (Lipinski definition) is 1. The van der Waals surface area contributed by atoms with Gasteiger partial charge in [0, 0.05) is 36.3 Å². The van der Waals surface area contributed by atoms with Gasteiger partial charge < -0.3 is 5.32 Å². The fourth-order valence-electron chi connectivity index (χ4n) is 4.22. The van der Waals surface area contributed by atoms with Gasteiger partial charge in [-0.3, -0.25) is 9.78 Å². The Morgan fingerprint density at radius 3 is 2.63 bits per heavy atom. The Morgan fingerprint density at radius 1 is 1.19 bits per heavy atom. The molecule has 0 aromatic carbocycles. The van der Waals surface area contributed by atoms with Gasteiger partial charge in [-0.25, -0.2) is 9.97 Å². The van der Waals surface area contributed by atoms with Crippen molar-refractivity contribution in [3.63, 3.8) is 0 Å². The highest BCUT2D eigenvalue weighted by atomic mass is 16.2. The molecule has 2 aromatic rings. The van der Waals surface area contributed by atoms with Gasteiger partial charge in [0.25, 0.3) is 0 Å². The quantitative estimate of drug-likeness (QED) is 0.874. The molecule has 0 spiro atoms. The van der Waals surface area contributed by atoms with Crippen molar-refractivity contribution in [3.05, 3.63) is 42.1 Å². The second kappa shape index (κ2) is 7.75. The lowest BCUT2D eigenvalue weighted by atomic mass is 9.79. The highest BCUT2D eigenvalue weighted by Gasteiger charge is 2.39. The first-order chi connectivity index (χ1) is 13.1. The Balaban J connectivity index is 1.39. The summed E-state index contributed by atoms with van der Waals surface area (Å²) in [6, 6.07) is 5.96. The lowest BCUT2D eigenvalue weighted by Crippen LogP contribution is -2.32. The van der Waals surface area contributed by atoms with E-state index in [2.05, 4.69) is 22.2 Å². The molecule has 1 N–H and O–H groups in total. The third-order valence-electron chi connectivity index (χ3n) is 6.12. The van der Waals surface area contributed by atoms with Gasteiger partial charge in [-0.2, -0.15) is 0 Å². The molecule has 0 radical (unpaired) electrons. The predicted molar refractivity (Wildman–Crippen MR) is 105 cm³/mol. The topological polar surface area (TPSA) is 67.8 Å². The van der Waals surface area contributed by atoms with Gasteiger partial charge in [0.1, 0.15) is 5.82 Å². The van der Waals surface area contributed by atoms with E-state index < -0.39 is 0 Å². The highest BCUT2D eigenvalue weighted by Crippen LogP contribution is 2.39. The summed E-state index contributed by atoms with van der Waals surface area (Å²) in [7, 11) is 0. The van der Waals surface area contributed by atoms with Crippen LogP contribution in [0.2, 0.25) is 0 Å². The van der Waals surface area contributed by atoms with Gasteiger partial charge in [-0.05, 0) is 63.0 Å². The first-order valence-electron chi connectivity index (χ1n) is 10.1. The zero-order valence-corrected chi connectivity index (χ0v) is 16.2. The molecule has 4 rings (SSSR count). The summed E-state index contributed by atoms with van der Waals surface area (Å²) in [6.07, 6.45) is 9.28. The molecule has 2 atom stereocenters. The van der Waals surface area contributed by atoms with Gasteiger partial charge in [-0.1, -0.05) is 13.0 Å². The van der Waals surface area contributed by atoms with E-state index in [0.717, 1.165) is 61.4 Å². The maximum absolute atomic E-state index is 12.0. The van der Waals surface area contributed by atoms with Crippen LogP contribution >= 0.6 is 0 Å². The van der Waals surface area contributed by atoms with Crippen LogP contribution in [0.1, 0.15) is 56.5 Å². The average Bonchev–Trinajstić information content (AvgIpc) is 3.44. The molecule has 2 fully saturated rings. The Kier molecular flexibility index (Phi) is 5.19. The minimum atomic E-state index is 0.258.